The van der Waals surface area contributed by atoms with Crippen LogP contribution in [0.15, 0.2) is 48.5 Å². The number of hydrogen-bond donors (Lipinski definition) is 1. The standard InChI is InChI=1S/C16H14N2O4S2/c1-24(20,21)18-12-7-3-2-6-11(12)16(19)22-10-15-17-13-8-4-5-9-14(13)23-15/h2-9,18H,10H2,1H3. The van der Waals surface area contributed by atoms with Gasteiger partial charge in [0.1, 0.15) is 11.6 Å². The van der Waals surface area contributed by atoms with Crippen LogP contribution in [-0.4, -0.2) is 25.6 Å². The molecule has 0 saturated carbocycles. The molecule has 1 N–H and O–H groups in total. The van der Waals surface area contributed by atoms with Gasteiger partial charge in [0.25, 0.3) is 0 Å². The zero-order chi connectivity index (χ0) is 17.2. The molecule has 24 heavy (non-hydrogen) atoms. The number of anilines is 1. The van der Waals surface area contributed by atoms with Crippen molar-refractivity contribution in [3.05, 3.63) is 59.1 Å². The fraction of sp³-hybridized carbons (Fsp3) is 0.125. The van der Waals surface area contributed by atoms with E-state index >= 15 is 0 Å². The number of sulfonamides is 1. The average molecular weight is 362 g/mol. The maximum absolute atomic E-state index is 12.3. The molecule has 0 radical (unpaired) electrons. The average Bonchev–Trinajstić information content (AvgIpc) is 2.94. The van der Waals surface area contributed by atoms with Crippen LogP contribution >= 0.6 is 11.3 Å². The summed E-state index contributed by atoms with van der Waals surface area (Å²) in [5.74, 6) is -0.610. The molecule has 0 aliphatic carbocycles. The van der Waals surface area contributed by atoms with Gasteiger partial charge in [-0.1, -0.05) is 24.3 Å². The van der Waals surface area contributed by atoms with E-state index in [1.54, 1.807) is 12.1 Å². The summed E-state index contributed by atoms with van der Waals surface area (Å²) in [6, 6.07) is 13.9. The summed E-state index contributed by atoms with van der Waals surface area (Å²) in [4.78, 5) is 16.6. The van der Waals surface area contributed by atoms with Crippen molar-refractivity contribution in [3.8, 4) is 0 Å². The largest absolute Gasteiger partial charge is 0.455 e. The van der Waals surface area contributed by atoms with Crippen LogP contribution in [0.4, 0.5) is 5.69 Å². The molecule has 3 aromatic rings. The molecule has 0 aliphatic heterocycles. The molecule has 0 spiro atoms. The molecule has 2 aromatic carbocycles. The van der Waals surface area contributed by atoms with Crippen LogP contribution in [-0.2, 0) is 21.4 Å². The number of carbonyl (C=O) groups excluding carboxylic acids is 1. The van der Waals surface area contributed by atoms with Crippen molar-refractivity contribution >= 4 is 43.2 Å². The van der Waals surface area contributed by atoms with E-state index < -0.39 is 16.0 Å². The molecule has 0 aliphatic rings. The van der Waals surface area contributed by atoms with E-state index in [4.69, 9.17) is 4.74 Å². The Morgan fingerprint density at radius 1 is 1.17 bits per heavy atom. The third-order valence-corrected chi connectivity index (χ3v) is 4.71. The fourth-order valence-corrected chi connectivity index (χ4v) is 3.59. The monoisotopic (exact) mass is 362 g/mol. The van der Waals surface area contributed by atoms with Gasteiger partial charge in [-0.05, 0) is 24.3 Å². The first-order chi connectivity index (χ1) is 11.4. The minimum absolute atomic E-state index is 0.0331. The van der Waals surface area contributed by atoms with Crippen molar-refractivity contribution in [3.63, 3.8) is 0 Å². The van der Waals surface area contributed by atoms with E-state index in [2.05, 4.69) is 9.71 Å². The number of carbonyl (C=O) groups is 1. The van der Waals surface area contributed by atoms with Crippen LogP contribution in [0.2, 0.25) is 0 Å². The van der Waals surface area contributed by atoms with Crippen molar-refractivity contribution in [1.82, 2.24) is 4.98 Å². The Morgan fingerprint density at radius 2 is 1.88 bits per heavy atom. The lowest BCUT2D eigenvalue weighted by molar-refractivity contribution is 0.0474. The Bertz CT molecular complexity index is 963. The quantitative estimate of drug-likeness (QED) is 0.705. The van der Waals surface area contributed by atoms with E-state index in [0.29, 0.717) is 5.01 Å². The number of para-hydroxylation sites is 2. The first-order valence-electron chi connectivity index (χ1n) is 7.01. The number of fused-ring (bicyclic) bond motifs is 1. The van der Waals surface area contributed by atoms with Crippen LogP contribution < -0.4 is 4.72 Å². The molecule has 8 heteroatoms. The fourth-order valence-electron chi connectivity index (χ4n) is 2.14. The van der Waals surface area contributed by atoms with Gasteiger partial charge >= 0.3 is 5.97 Å². The number of aromatic nitrogens is 1. The normalized spacial score (nSPS) is 11.4. The molecule has 124 valence electrons. The molecule has 1 heterocycles. The minimum atomic E-state index is -3.49. The summed E-state index contributed by atoms with van der Waals surface area (Å²) in [6.45, 7) is 0.0331. The van der Waals surface area contributed by atoms with Crippen molar-refractivity contribution in [2.45, 2.75) is 6.61 Å². The Labute approximate surface area is 143 Å². The van der Waals surface area contributed by atoms with Gasteiger partial charge in [0, 0.05) is 0 Å². The predicted octanol–water partition coefficient (Wildman–Crippen LogP) is 3.02. The number of rotatable bonds is 5. The highest BCUT2D eigenvalue weighted by Crippen LogP contribution is 2.23. The minimum Gasteiger partial charge on any atom is -0.455 e. The second-order valence-corrected chi connectivity index (χ2v) is 7.93. The smallest absolute Gasteiger partial charge is 0.340 e. The number of benzene rings is 2. The summed E-state index contributed by atoms with van der Waals surface area (Å²) in [5, 5.41) is 0.679. The highest BCUT2D eigenvalue weighted by molar-refractivity contribution is 7.92. The van der Waals surface area contributed by atoms with E-state index in [1.807, 2.05) is 24.3 Å². The Morgan fingerprint density at radius 3 is 2.62 bits per heavy atom. The lowest BCUT2D eigenvalue weighted by Gasteiger charge is -2.09. The second kappa shape index (κ2) is 6.58. The maximum Gasteiger partial charge on any atom is 0.340 e. The summed E-state index contributed by atoms with van der Waals surface area (Å²) < 4.78 is 31.4. The number of esters is 1. The number of thiazole rings is 1. The van der Waals surface area contributed by atoms with Crippen LogP contribution in [0.3, 0.4) is 0 Å². The van der Waals surface area contributed by atoms with Gasteiger partial charge in [-0.3, -0.25) is 4.72 Å². The summed E-state index contributed by atoms with van der Waals surface area (Å²) >= 11 is 1.45. The molecule has 6 nitrogen and oxygen atoms in total. The summed E-state index contributed by atoms with van der Waals surface area (Å²) in [7, 11) is -3.49. The number of hydrogen-bond acceptors (Lipinski definition) is 6. The number of nitrogens with zero attached hydrogens (tertiary/aromatic N) is 1. The van der Waals surface area contributed by atoms with E-state index in [1.165, 1.54) is 23.5 Å². The Hall–Kier alpha value is -2.45. The number of nitrogens with one attached hydrogen (secondary N) is 1. The van der Waals surface area contributed by atoms with Gasteiger partial charge in [-0.15, -0.1) is 11.3 Å². The summed E-state index contributed by atoms with van der Waals surface area (Å²) in [5.41, 5.74) is 1.20. The lowest BCUT2D eigenvalue weighted by atomic mass is 10.2. The van der Waals surface area contributed by atoms with Gasteiger partial charge in [0.15, 0.2) is 0 Å². The van der Waals surface area contributed by atoms with Gasteiger partial charge in [0.2, 0.25) is 10.0 Å². The van der Waals surface area contributed by atoms with E-state index in [-0.39, 0.29) is 17.9 Å². The molecule has 0 unspecified atom stereocenters. The predicted molar refractivity (Wildman–Crippen MR) is 93.6 cm³/mol. The molecule has 0 atom stereocenters. The first-order valence-corrected chi connectivity index (χ1v) is 9.71. The van der Waals surface area contributed by atoms with Gasteiger partial charge in [0.05, 0.1) is 27.7 Å². The van der Waals surface area contributed by atoms with E-state index in [9.17, 15) is 13.2 Å². The van der Waals surface area contributed by atoms with Crippen LogP contribution in [0.5, 0.6) is 0 Å². The highest BCUT2D eigenvalue weighted by Gasteiger charge is 2.15. The van der Waals surface area contributed by atoms with Gasteiger partial charge in [-0.2, -0.15) is 0 Å². The molecule has 0 saturated heterocycles. The zero-order valence-corrected chi connectivity index (χ0v) is 14.4. The SMILES string of the molecule is CS(=O)(=O)Nc1ccccc1C(=O)OCc1nc2ccccc2s1. The molecule has 0 bridgehead atoms. The molecule has 1 aromatic heterocycles. The van der Waals surface area contributed by atoms with Crippen LogP contribution in [0.1, 0.15) is 15.4 Å². The summed E-state index contributed by atoms with van der Waals surface area (Å²) in [6.07, 6.45) is 1.02. The molecule has 3 rings (SSSR count). The Kier molecular flexibility index (Phi) is 4.50. The third-order valence-electron chi connectivity index (χ3n) is 3.11. The molecule has 0 amide bonds. The lowest BCUT2D eigenvalue weighted by Crippen LogP contribution is -2.14. The van der Waals surface area contributed by atoms with Crippen molar-refractivity contribution < 1.29 is 17.9 Å². The zero-order valence-electron chi connectivity index (χ0n) is 12.7. The van der Waals surface area contributed by atoms with Crippen LogP contribution in [0.25, 0.3) is 10.2 Å². The molecular weight excluding hydrogens is 348 g/mol. The van der Waals surface area contributed by atoms with Gasteiger partial charge < -0.3 is 4.74 Å². The third kappa shape index (κ3) is 3.90. The maximum atomic E-state index is 12.3. The van der Waals surface area contributed by atoms with E-state index in [0.717, 1.165) is 16.5 Å². The van der Waals surface area contributed by atoms with Crippen molar-refractivity contribution in [1.29, 1.82) is 0 Å². The first kappa shape index (κ1) is 16.4. The molecular formula is C16H14N2O4S2. The second-order valence-electron chi connectivity index (χ2n) is 5.07. The van der Waals surface area contributed by atoms with Crippen LogP contribution in [0, 0.1) is 0 Å². The Balaban J connectivity index is 1.75. The number of ether oxygens (including phenoxy) is 1. The highest BCUT2D eigenvalue weighted by atomic mass is 32.2. The molecule has 0 fully saturated rings. The van der Waals surface area contributed by atoms with Crippen molar-refractivity contribution in [2.24, 2.45) is 0 Å². The van der Waals surface area contributed by atoms with Crippen molar-refractivity contribution in [2.75, 3.05) is 11.0 Å². The van der Waals surface area contributed by atoms with Gasteiger partial charge in [-0.25, -0.2) is 18.2 Å². The topological polar surface area (TPSA) is 85.4 Å².